The summed E-state index contributed by atoms with van der Waals surface area (Å²) >= 11 is 0. The fourth-order valence-corrected chi connectivity index (χ4v) is 3.17. The topological polar surface area (TPSA) is 28.2 Å². The molecule has 4 heteroatoms. The van der Waals surface area contributed by atoms with Gasteiger partial charge in [-0.15, -0.1) is 0 Å². The van der Waals surface area contributed by atoms with E-state index in [1.54, 1.807) is 18.3 Å². The minimum Gasteiger partial charge on any atom is -0.310 e. The Morgan fingerprint density at radius 3 is 2.91 bits per heavy atom. The van der Waals surface area contributed by atoms with Crippen molar-refractivity contribution in [1.29, 1.82) is 0 Å². The second-order valence-electron chi connectivity index (χ2n) is 6.49. The van der Waals surface area contributed by atoms with Gasteiger partial charge in [-0.2, -0.15) is 0 Å². The van der Waals surface area contributed by atoms with Crippen LogP contribution in [0, 0.1) is 5.82 Å². The first kappa shape index (κ1) is 16.1. The average Bonchev–Trinajstić information content (AvgIpc) is 2.56. The number of likely N-dealkylation sites (tertiary alicyclic amines) is 1. The van der Waals surface area contributed by atoms with Crippen molar-refractivity contribution in [2.45, 2.75) is 38.4 Å². The molecular formula is C19H24FN3. The third-order valence-electron chi connectivity index (χ3n) is 4.72. The van der Waals surface area contributed by atoms with Crippen LogP contribution in [0.5, 0.6) is 0 Å². The Morgan fingerprint density at radius 1 is 1.30 bits per heavy atom. The lowest BCUT2D eigenvalue weighted by molar-refractivity contribution is 0.168. The SMILES string of the molecule is CC1CC(NCc2cc(F)cc(-c3ccccn3)c2)CCN1C. The molecule has 1 aromatic heterocycles. The first-order valence-electron chi connectivity index (χ1n) is 8.26. The number of hydrogen-bond acceptors (Lipinski definition) is 3. The van der Waals surface area contributed by atoms with Gasteiger partial charge in [-0.3, -0.25) is 4.98 Å². The summed E-state index contributed by atoms with van der Waals surface area (Å²) in [5.74, 6) is -0.207. The molecule has 0 amide bonds. The Balaban J connectivity index is 1.68. The second-order valence-corrected chi connectivity index (χ2v) is 6.49. The fraction of sp³-hybridized carbons (Fsp3) is 0.421. The van der Waals surface area contributed by atoms with Crippen LogP contribution in [-0.2, 0) is 6.54 Å². The van der Waals surface area contributed by atoms with Crippen molar-refractivity contribution >= 4 is 0 Å². The third kappa shape index (κ3) is 4.15. The Morgan fingerprint density at radius 2 is 2.17 bits per heavy atom. The number of halogens is 1. The zero-order valence-corrected chi connectivity index (χ0v) is 13.8. The summed E-state index contributed by atoms with van der Waals surface area (Å²) in [5, 5.41) is 3.58. The molecule has 122 valence electrons. The normalized spacial score (nSPS) is 22.2. The van der Waals surface area contributed by atoms with E-state index in [4.69, 9.17) is 0 Å². The predicted octanol–water partition coefficient (Wildman–Crippen LogP) is 3.46. The van der Waals surface area contributed by atoms with Crippen molar-refractivity contribution in [2.24, 2.45) is 0 Å². The summed E-state index contributed by atoms with van der Waals surface area (Å²) in [5.41, 5.74) is 2.61. The molecule has 1 saturated heterocycles. The van der Waals surface area contributed by atoms with E-state index in [9.17, 15) is 4.39 Å². The van der Waals surface area contributed by atoms with Crippen LogP contribution in [-0.4, -0.2) is 35.6 Å². The Kier molecular flexibility index (Phi) is 5.03. The lowest BCUT2D eigenvalue weighted by atomic mass is 9.98. The zero-order valence-electron chi connectivity index (χ0n) is 13.8. The Labute approximate surface area is 137 Å². The standard InChI is InChI=1S/C19H24FN3/c1-14-9-18(6-8-23(14)2)22-13-15-10-16(12-17(20)11-15)19-5-3-4-7-21-19/h3-5,7,10-12,14,18,22H,6,8-9,13H2,1-2H3. The summed E-state index contributed by atoms with van der Waals surface area (Å²) in [6.07, 6.45) is 4.01. The van der Waals surface area contributed by atoms with Gasteiger partial charge in [0.05, 0.1) is 5.69 Å². The van der Waals surface area contributed by atoms with Crippen molar-refractivity contribution in [2.75, 3.05) is 13.6 Å². The van der Waals surface area contributed by atoms with E-state index in [0.717, 1.165) is 36.2 Å². The minimum absolute atomic E-state index is 0.207. The molecule has 23 heavy (non-hydrogen) atoms. The molecule has 0 aliphatic carbocycles. The molecule has 0 radical (unpaired) electrons. The zero-order chi connectivity index (χ0) is 16.2. The molecule has 3 rings (SSSR count). The minimum atomic E-state index is -0.207. The molecule has 1 N–H and O–H groups in total. The molecule has 0 bridgehead atoms. The lowest BCUT2D eigenvalue weighted by Gasteiger charge is -2.35. The van der Waals surface area contributed by atoms with Gasteiger partial charge in [0.2, 0.25) is 0 Å². The summed E-state index contributed by atoms with van der Waals surface area (Å²) < 4.78 is 13.9. The number of piperidine rings is 1. The maximum Gasteiger partial charge on any atom is 0.124 e. The summed E-state index contributed by atoms with van der Waals surface area (Å²) in [6, 6.07) is 12.0. The molecule has 2 atom stereocenters. The summed E-state index contributed by atoms with van der Waals surface area (Å²) in [4.78, 5) is 6.70. The van der Waals surface area contributed by atoms with Crippen LogP contribution in [0.3, 0.4) is 0 Å². The van der Waals surface area contributed by atoms with Gasteiger partial charge in [-0.05, 0) is 69.3 Å². The molecule has 1 aromatic carbocycles. The number of aromatic nitrogens is 1. The molecule has 3 nitrogen and oxygen atoms in total. The van der Waals surface area contributed by atoms with Gasteiger partial charge in [0.1, 0.15) is 5.82 Å². The molecule has 2 aromatic rings. The Bertz CT molecular complexity index is 644. The molecular weight excluding hydrogens is 289 g/mol. The van der Waals surface area contributed by atoms with E-state index >= 15 is 0 Å². The smallest absolute Gasteiger partial charge is 0.124 e. The maximum atomic E-state index is 13.9. The van der Waals surface area contributed by atoms with Gasteiger partial charge >= 0.3 is 0 Å². The summed E-state index contributed by atoms with van der Waals surface area (Å²) in [7, 11) is 2.17. The summed E-state index contributed by atoms with van der Waals surface area (Å²) in [6.45, 7) is 4.06. The highest BCUT2D eigenvalue weighted by molar-refractivity contribution is 5.59. The molecule has 0 saturated carbocycles. The van der Waals surface area contributed by atoms with Crippen molar-refractivity contribution in [3.05, 3.63) is 54.0 Å². The molecule has 0 spiro atoms. The van der Waals surface area contributed by atoms with E-state index in [1.165, 1.54) is 0 Å². The monoisotopic (exact) mass is 313 g/mol. The van der Waals surface area contributed by atoms with Crippen LogP contribution >= 0.6 is 0 Å². The van der Waals surface area contributed by atoms with Crippen LogP contribution in [0.4, 0.5) is 4.39 Å². The highest BCUT2D eigenvalue weighted by atomic mass is 19.1. The molecule has 1 fully saturated rings. The van der Waals surface area contributed by atoms with E-state index in [2.05, 4.69) is 29.2 Å². The number of nitrogens with zero attached hydrogens (tertiary/aromatic N) is 2. The van der Waals surface area contributed by atoms with Crippen LogP contribution in [0.15, 0.2) is 42.6 Å². The number of hydrogen-bond donors (Lipinski definition) is 1. The van der Waals surface area contributed by atoms with Crippen molar-refractivity contribution in [3.63, 3.8) is 0 Å². The van der Waals surface area contributed by atoms with Crippen LogP contribution in [0.2, 0.25) is 0 Å². The largest absolute Gasteiger partial charge is 0.310 e. The Hall–Kier alpha value is -1.78. The third-order valence-corrected chi connectivity index (χ3v) is 4.72. The van der Waals surface area contributed by atoms with Gasteiger partial charge in [0.15, 0.2) is 0 Å². The maximum absolute atomic E-state index is 13.9. The van der Waals surface area contributed by atoms with Crippen molar-refractivity contribution in [1.82, 2.24) is 15.2 Å². The van der Waals surface area contributed by atoms with E-state index < -0.39 is 0 Å². The van der Waals surface area contributed by atoms with Crippen LogP contribution in [0.1, 0.15) is 25.3 Å². The molecule has 2 heterocycles. The highest BCUT2D eigenvalue weighted by Gasteiger charge is 2.22. The molecule has 1 aliphatic heterocycles. The van der Waals surface area contributed by atoms with Crippen molar-refractivity contribution in [3.8, 4) is 11.3 Å². The van der Waals surface area contributed by atoms with E-state index in [-0.39, 0.29) is 5.82 Å². The molecule has 2 unspecified atom stereocenters. The number of nitrogens with one attached hydrogen (secondary N) is 1. The quantitative estimate of drug-likeness (QED) is 0.937. The van der Waals surface area contributed by atoms with Gasteiger partial charge in [0, 0.05) is 30.4 Å². The highest BCUT2D eigenvalue weighted by Crippen LogP contribution is 2.21. The van der Waals surface area contributed by atoms with Gasteiger partial charge < -0.3 is 10.2 Å². The first-order valence-corrected chi connectivity index (χ1v) is 8.26. The van der Waals surface area contributed by atoms with Crippen LogP contribution in [0.25, 0.3) is 11.3 Å². The fourth-order valence-electron chi connectivity index (χ4n) is 3.17. The first-order chi connectivity index (χ1) is 11.1. The van der Waals surface area contributed by atoms with E-state index in [0.29, 0.717) is 18.6 Å². The number of pyridine rings is 1. The average molecular weight is 313 g/mol. The van der Waals surface area contributed by atoms with Gasteiger partial charge in [-0.1, -0.05) is 6.07 Å². The van der Waals surface area contributed by atoms with Crippen LogP contribution < -0.4 is 5.32 Å². The van der Waals surface area contributed by atoms with Crippen molar-refractivity contribution < 1.29 is 4.39 Å². The second kappa shape index (κ2) is 7.20. The predicted molar refractivity (Wildman–Crippen MR) is 91.6 cm³/mol. The lowest BCUT2D eigenvalue weighted by Crippen LogP contribution is -2.45. The number of benzene rings is 1. The van der Waals surface area contributed by atoms with Gasteiger partial charge in [-0.25, -0.2) is 4.39 Å². The molecule has 1 aliphatic rings. The number of rotatable bonds is 4. The van der Waals surface area contributed by atoms with E-state index in [1.807, 2.05) is 24.3 Å². The van der Waals surface area contributed by atoms with Gasteiger partial charge in [0.25, 0.3) is 0 Å².